The Morgan fingerprint density at radius 3 is 2.80 bits per heavy atom. The van der Waals surface area contributed by atoms with Gasteiger partial charge in [0.25, 0.3) is 0 Å². The van der Waals surface area contributed by atoms with E-state index in [1.807, 2.05) is 36.4 Å². The number of hydrogen-bond donors (Lipinski definition) is 3. The average molecular weight is 263 g/mol. The summed E-state index contributed by atoms with van der Waals surface area (Å²) in [5.41, 5.74) is 8.75. The van der Waals surface area contributed by atoms with Crippen LogP contribution in [0.4, 0.5) is 17.2 Å². The van der Waals surface area contributed by atoms with Crippen molar-refractivity contribution >= 4 is 34.3 Å². The number of aromatic nitrogens is 2. The lowest BCUT2D eigenvalue weighted by atomic mass is 10.1. The van der Waals surface area contributed by atoms with Crippen LogP contribution in [0, 0.1) is 5.41 Å². The van der Waals surface area contributed by atoms with Crippen molar-refractivity contribution in [2.24, 2.45) is 0 Å². The molecule has 4 N–H and O–H groups in total. The first-order valence-electron chi connectivity index (χ1n) is 6.15. The highest BCUT2D eigenvalue weighted by molar-refractivity contribution is 5.92. The summed E-state index contributed by atoms with van der Waals surface area (Å²) >= 11 is 0. The van der Waals surface area contributed by atoms with E-state index < -0.39 is 0 Å². The molecule has 0 saturated heterocycles. The maximum Gasteiger partial charge on any atom is 0.141 e. The predicted molar refractivity (Wildman–Crippen MR) is 81.6 cm³/mol. The molecular formula is C15H13N5. The maximum atomic E-state index is 7.33. The highest BCUT2D eigenvalue weighted by Gasteiger charge is 2.04. The molecule has 1 heterocycles. The van der Waals surface area contributed by atoms with Gasteiger partial charge in [-0.15, -0.1) is 0 Å². The molecular weight excluding hydrogens is 250 g/mol. The minimum atomic E-state index is 0.582. The van der Waals surface area contributed by atoms with Crippen LogP contribution >= 0.6 is 0 Å². The van der Waals surface area contributed by atoms with Gasteiger partial charge < -0.3 is 16.5 Å². The van der Waals surface area contributed by atoms with E-state index in [9.17, 15) is 0 Å². The van der Waals surface area contributed by atoms with Gasteiger partial charge in [0.2, 0.25) is 0 Å². The quantitative estimate of drug-likeness (QED) is 0.500. The van der Waals surface area contributed by atoms with Crippen LogP contribution in [0.2, 0.25) is 0 Å². The number of fused-ring (bicyclic) bond motifs is 1. The van der Waals surface area contributed by atoms with E-state index in [-0.39, 0.29) is 0 Å². The number of nitrogens with two attached hydrogens (primary N) is 1. The summed E-state index contributed by atoms with van der Waals surface area (Å²) in [5.74, 6) is 0.733. The van der Waals surface area contributed by atoms with Gasteiger partial charge in [0.15, 0.2) is 0 Å². The van der Waals surface area contributed by atoms with E-state index in [1.165, 1.54) is 12.5 Å². The molecule has 1 aromatic heterocycles. The smallest absolute Gasteiger partial charge is 0.141 e. The van der Waals surface area contributed by atoms with E-state index in [2.05, 4.69) is 15.3 Å². The molecule has 5 nitrogen and oxygen atoms in total. The Bertz CT molecular complexity index is 777. The number of nitrogens with zero attached hydrogens (tertiary/aromatic N) is 2. The summed E-state index contributed by atoms with van der Waals surface area (Å²) in [6.07, 6.45) is 2.76. The summed E-state index contributed by atoms with van der Waals surface area (Å²) in [6, 6.07) is 13.2. The highest BCUT2D eigenvalue weighted by atomic mass is 15.0. The lowest BCUT2D eigenvalue weighted by molar-refractivity contribution is 1.22. The van der Waals surface area contributed by atoms with Gasteiger partial charge in [-0.05, 0) is 30.3 Å². The van der Waals surface area contributed by atoms with Gasteiger partial charge in [0, 0.05) is 28.5 Å². The predicted octanol–water partition coefficient (Wildman–Crippen LogP) is 2.95. The molecule has 20 heavy (non-hydrogen) atoms. The van der Waals surface area contributed by atoms with Crippen LogP contribution in [-0.2, 0) is 0 Å². The van der Waals surface area contributed by atoms with Crippen LogP contribution in [0.5, 0.6) is 0 Å². The topological polar surface area (TPSA) is 87.7 Å². The Morgan fingerprint density at radius 2 is 1.95 bits per heavy atom. The number of nitrogens with one attached hydrogen (secondary N) is 2. The zero-order valence-corrected chi connectivity index (χ0v) is 10.7. The van der Waals surface area contributed by atoms with Gasteiger partial charge in [-0.3, -0.25) is 0 Å². The van der Waals surface area contributed by atoms with Gasteiger partial charge in [-0.1, -0.05) is 12.1 Å². The minimum Gasteiger partial charge on any atom is -0.398 e. The maximum absolute atomic E-state index is 7.33. The number of hydrogen-bond acceptors (Lipinski definition) is 5. The molecule has 0 atom stereocenters. The first kappa shape index (κ1) is 12.1. The fourth-order valence-corrected chi connectivity index (χ4v) is 2.02. The molecule has 2 aromatic carbocycles. The lowest BCUT2D eigenvalue weighted by Crippen LogP contribution is -1.98. The molecule has 0 amide bonds. The van der Waals surface area contributed by atoms with Gasteiger partial charge >= 0.3 is 0 Å². The molecule has 5 heteroatoms. The largest absolute Gasteiger partial charge is 0.398 e. The summed E-state index contributed by atoms with van der Waals surface area (Å²) in [4.78, 5) is 8.49. The van der Waals surface area contributed by atoms with Gasteiger partial charge in [0.1, 0.15) is 12.1 Å². The third-order valence-electron chi connectivity index (χ3n) is 3.05. The molecule has 0 spiro atoms. The molecule has 0 bridgehead atoms. The van der Waals surface area contributed by atoms with Crippen LogP contribution in [0.3, 0.4) is 0 Å². The first-order chi connectivity index (χ1) is 9.78. The van der Waals surface area contributed by atoms with Gasteiger partial charge in [-0.2, -0.15) is 0 Å². The summed E-state index contributed by atoms with van der Waals surface area (Å²) < 4.78 is 0. The third kappa shape index (κ3) is 2.16. The zero-order valence-electron chi connectivity index (χ0n) is 10.7. The normalized spacial score (nSPS) is 10.4. The van der Waals surface area contributed by atoms with Crippen LogP contribution in [0.1, 0.15) is 5.56 Å². The van der Waals surface area contributed by atoms with Crippen molar-refractivity contribution in [3.8, 4) is 0 Å². The summed E-state index contributed by atoms with van der Waals surface area (Å²) in [6.45, 7) is 0. The Morgan fingerprint density at radius 1 is 1.10 bits per heavy atom. The van der Waals surface area contributed by atoms with E-state index in [0.29, 0.717) is 11.3 Å². The highest BCUT2D eigenvalue weighted by Crippen LogP contribution is 2.24. The monoisotopic (exact) mass is 263 g/mol. The molecule has 0 radical (unpaired) electrons. The van der Waals surface area contributed by atoms with Crippen molar-refractivity contribution in [2.45, 2.75) is 0 Å². The number of nitrogen functional groups attached to an aromatic ring is 1. The number of benzene rings is 2. The zero-order chi connectivity index (χ0) is 13.9. The van der Waals surface area contributed by atoms with E-state index in [1.54, 1.807) is 6.07 Å². The molecule has 0 aliphatic rings. The first-order valence-corrected chi connectivity index (χ1v) is 6.15. The lowest BCUT2D eigenvalue weighted by Gasteiger charge is -2.09. The molecule has 3 rings (SSSR count). The number of anilines is 3. The SMILES string of the molecule is N=Cc1cc(Nc2ncnc3ccccc23)ccc1N. The van der Waals surface area contributed by atoms with Crippen molar-refractivity contribution in [3.05, 3.63) is 54.4 Å². The van der Waals surface area contributed by atoms with Gasteiger partial charge in [0.05, 0.1) is 5.52 Å². The van der Waals surface area contributed by atoms with Crippen LogP contribution in [-0.4, -0.2) is 16.2 Å². The molecule has 98 valence electrons. The fourth-order valence-electron chi connectivity index (χ4n) is 2.02. The second kappa shape index (κ2) is 4.97. The molecule has 0 aliphatic heterocycles. The standard InChI is InChI=1S/C15H13N5/c16-8-10-7-11(5-6-13(10)17)20-15-12-3-1-2-4-14(12)18-9-19-15/h1-9,16H,17H2,(H,18,19,20). The second-order valence-electron chi connectivity index (χ2n) is 4.35. The molecule has 0 saturated carbocycles. The van der Waals surface area contributed by atoms with Crippen molar-refractivity contribution in [1.29, 1.82) is 5.41 Å². The van der Waals surface area contributed by atoms with Crippen molar-refractivity contribution in [3.63, 3.8) is 0 Å². The Labute approximate surface area is 116 Å². The van der Waals surface area contributed by atoms with Crippen LogP contribution < -0.4 is 11.1 Å². The van der Waals surface area contributed by atoms with Crippen LogP contribution in [0.15, 0.2) is 48.8 Å². The van der Waals surface area contributed by atoms with Crippen molar-refractivity contribution in [2.75, 3.05) is 11.1 Å². The number of para-hydroxylation sites is 1. The van der Waals surface area contributed by atoms with Crippen molar-refractivity contribution in [1.82, 2.24) is 9.97 Å². The second-order valence-corrected chi connectivity index (χ2v) is 4.35. The van der Waals surface area contributed by atoms with E-state index in [0.717, 1.165) is 22.4 Å². The van der Waals surface area contributed by atoms with Crippen molar-refractivity contribution < 1.29 is 0 Å². The Balaban J connectivity index is 2.03. The Kier molecular flexibility index (Phi) is 3.01. The third-order valence-corrected chi connectivity index (χ3v) is 3.05. The van der Waals surface area contributed by atoms with Gasteiger partial charge in [-0.25, -0.2) is 9.97 Å². The molecule has 3 aromatic rings. The summed E-state index contributed by atoms with van der Waals surface area (Å²) in [5, 5.41) is 11.5. The molecule has 0 aliphatic carbocycles. The number of rotatable bonds is 3. The average Bonchev–Trinajstić information content (AvgIpc) is 2.49. The van der Waals surface area contributed by atoms with E-state index >= 15 is 0 Å². The van der Waals surface area contributed by atoms with Crippen LogP contribution in [0.25, 0.3) is 10.9 Å². The fraction of sp³-hybridized carbons (Fsp3) is 0. The summed E-state index contributed by atoms with van der Waals surface area (Å²) in [7, 11) is 0. The minimum absolute atomic E-state index is 0.582. The van der Waals surface area contributed by atoms with E-state index in [4.69, 9.17) is 11.1 Å². The molecule has 0 fully saturated rings. The molecule has 0 unspecified atom stereocenters. The Hall–Kier alpha value is -2.95.